The van der Waals surface area contributed by atoms with Crippen LogP contribution in [0.5, 0.6) is 0 Å². The Bertz CT molecular complexity index is 1040. The number of nitrogens with zero attached hydrogens (tertiary/aromatic N) is 2. The van der Waals surface area contributed by atoms with E-state index in [1.54, 1.807) is 0 Å². The lowest BCUT2D eigenvalue weighted by Crippen LogP contribution is -2.59. The second kappa shape index (κ2) is 8.72. The zero-order valence-electron chi connectivity index (χ0n) is 17.4. The molecule has 33 heavy (non-hydrogen) atoms. The molecular formula is C23H20F6N2O2. The van der Waals surface area contributed by atoms with Gasteiger partial charge in [-0.15, -0.1) is 0 Å². The Labute approximate surface area is 185 Å². The van der Waals surface area contributed by atoms with Gasteiger partial charge in [0, 0.05) is 49.4 Å². The van der Waals surface area contributed by atoms with Crippen molar-refractivity contribution in [3.05, 3.63) is 70.3 Å². The zero-order chi connectivity index (χ0) is 23.9. The van der Waals surface area contributed by atoms with E-state index in [0.717, 1.165) is 0 Å². The summed E-state index contributed by atoms with van der Waals surface area (Å²) in [5, 5.41) is 0. The topological polar surface area (TPSA) is 40.6 Å². The normalized spacial score (nSPS) is 18.4. The van der Waals surface area contributed by atoms with E-state index in [0.29, 0.717) is 37.1 Å². The maximum atomic E-state index is 14.1. The molecule has 0 atom stereocenters. The first-order valence-electron chi connectivity index (χ1n) is 10.5. The van der Waals surface area contributed by atoms with Crippen LogP contribution >= 0.6 is 0 Å². The highest BCUT2D eigenvalue weighted by atomic mass is 19.2. The summed E-state index contributed by atoms with van der Waals surface area (Å²) in [6.45, 7) is -0.280. The minimum absolute atomic E-state index is 0.199. The molecule has 4 rings (SSSR count). The Morgan fingerprint density at radius 3 is 1.36 bits per heavy atom. The molecule has 2 aromatic rings. The van der Waals surface area contributed by atoms with E-state index >= 15 is 0 Å². The third-order valence-electron chi connectivity index (χ3n) is 6.36. The molecule has 2 aromatic carbocycles. The standard InChI is InChI=1S/C23H20F6N2O2/c24-15-9-19(28)17(26)7-13(15)11-30-5-1-3-23(21(30)32)4-2-6-31(22(23)33)12-14-8-18(27)20(29)10-16(14)25/h7-10H,1-6,11-12H2. The third-order valence-corrected chi connectivity index (χ3v) is 6.36. The van der Waals surface area contributed by atoms with Gasteiger partial charge in [0.25, 0.3) is 0 Å². The van der Waals surface area contributed by atoms with Crippen molar-refractivity contribution in [3.8, 4) is 0 Å². The third kappa shape index (κ3) is 4.18. The molecule has 2 fully saturated rings. The number of piperidine rings is 2. The fourth-order valence-corrected chi connectivity index (χ4v) is 4.68. The van der Waals surface area contributed by atoms with Crippen molar-refractivity contribution in [1.82, 2.24) is 9.80 Å². The van der Waals surface area contributed by atoms with Crippen molar-refractivity contribution in [1.29, 1.82) is 0 Å². The molecule has 2 aliphatic rings. The van der Waals surface area contributed by atoms with E-state index in [1.165, 1.54) is 9.80 Å². The van der Waals surface area contributed by atoms with E-state index < -0.39 is 52.1 Å². The average Bonchev–Trinajstić information content (AvgIpc) is 2.76. The summed E-state index contributed by atoms with van der Waals surface area (Å²) in [5.74, 6) is -8.35. The van der Waals surface area contributed by atoms with Gasteiger partial charge in [-0.1, -0.05) is 0 Å². The highest BCUT2D eigenvalue weighted by Gasteiger charge is 2.53. The number of benzene rings is 2. The van der Waals surface area contributed by atoms with Crippen LogP contribution in [0.2, 0.25) is 0 Å². The molecule has 2 amide bonds. The van der Waals surface area contributed by atoms with Crippen LogP contribution in [-0.2, 0) is 22.7 Å². The minimum atomic E-state index is -1.46. The predicted molar refractivity (Wildman–Crippen MR) is 104 cm³/mol. The lowest BCUT2D eigenvalue weighted by Gasteiger charge is -2.46. The largest absolute Gasteiger partial charge is 0.337 e. The zero-order valence-corrected chi connectivity index (χ0v) is 17.4. The van der Waals surface area contributed by atoms with Gasteiger partial charge in [0.05, 0.1) is 0 Å². The van der Waals surface area contributed by atoms with Crippen LogP contribution in [0.4, 0.5) is 26.3 Å². The summed E-state index contributed by atoms with van der Waals surface area (Å²) in [4.78, 5) is 29.2. The van der Waals surface area contributed by atoms with Crippen molar-refractivity contribution in [2.75, 3.05) is 13.1 Å². The quantitative estimate of drug-likeness (QED) is 0.376. The van der Waals surface area contributed by atoms with E-state index in [-0.39, 0.29) is 50.1 Å². The number of rotatable bonds is 4. The minimum Gasteiger partial charge on any atom is -0.337 e. The summed E-state index contributed by atoms with van der Waals surface area (Å²) in [7, 11) is 0. The van der Waals surface area contributed by atoms with Crippen LogP contribution in [-0.4, -0.2) is 34.7 Å². The smallest absolute Gasteiger partial charge is 0.238 e. The summed E-state index contributed by atoms with van der Waals surface area (Å²) in [6, 6.07) is 2.16. The molecule has 0 bridgehead atoms. The van der Waals surface area contributed by atoms with Crippen LogP contribution in [0.15, 0.2) is 24.3 Å². The van der Waals surface area contributed by atoms with E-state index in [9.17, 15) is 35.9 Å². The van der Waals surface area contributed by atoms with Crippen LogP contribution < -0.4 is 0 Å². The molecule has 0 aliphatic carbocycles. The summed E-state index contributed by atoms with van der Waals surface area (Å²) >= 11 is 0. The first kappa shape index (κ1) is 23.1. The highest BCUT2D eigenvalue weighted by Crippen LogP contribution is 2.41. The number of hydrogen-bond acceptors (Lipinski definition) is 2. The molecule has 2 heterocycles. The highest BCUT2D eigenvalue weighted by molar-refractivity contribution is 6.05. The lowest BCUT2D eigenvalue weighted by molar-refractivity contribution is -0.165. The Kier molecular flexibility index (Phi) is 6.11. The molecule has 0 aromatic heterocycles. The van der Waals surface area contributed by atoms with Gasteiger partial charge in [-0.3, -0.25) is 9.59 Å². The molecule has 10 heteroatoms. The van der Waals surface area contributed by atoms with Gasteiger partial charge < -0.3 is 9.80 Å². The number of hydrogen-bond donors (Lipinski definition) is 0. The van der Waals surface area contributed by atoms with Crippen LogP contribution in [0.1, 0.15) is 36.8 Å². The van der Waals surface area contributed by atoms with Crippen LogP contribution in [0.25, 0.3) is 0 Å². The maximum Gasteiger partial charge on any atom is 0.238 e. The van der Waals surface area contributed by atoms with Gasteiger partial charge in [0.15, 0.2) is 23.3 Å². The number of halogens is 6. The van der Waals surface area contributed by atoms with Gasteiger partial charge >= 0.3 is 0 Å². The van der Waals surface area contributed by atoms with Crippen molar-refractivity contribution >= 4 is 11.8 Å². The lowest BCUT2D eigenvalue weighted by atomic mass is 9.72. The SMILES string of the molecule is O=C1N(Cc2cc(F)c(F)cc2F)CCCC12CCCN(Cc1cc(F)c(F)cc1F)C2=O. The molecule has 2 aliphatic heterocycles. The van der Waals surface area contributed by atoms with Crippen LogP contribution in [0.3, 0.4) is 0 Å². The molecule has 0 radical (unpaired) electrons. The maximum absolute atomic E-state index is 14.1. The molecular weight excluding hydrogens is 450 g/mol. The van der Waals surface area contributed by atoms with Crippen molar-refractivity contribution in [2.24, 2.45) is 5.41 Å². The Hall–Kier alpha value is -3.04. The van der Waals surface area contributed by atoms with Crippen molar-refractivity contribution in [2.45, 2.75) is 38.8 Å². The number of carbonyl (C=O) groups excluding carboxylic acids is 2. The number of carbonyl (C=O) groups is 2. The van der Waals surface area contributed by atoms with Crippen molar-refractivity contribution in [3.63, 3.8) is 0 Å². The molecule has 176 valence electrons. The fraction of sp³-hybridized carbons (Fsp3) is 0.391. The fourth-order valence-electron chi connectivity index (χ4n) is 4.68. The predicted octanol–water partition coefficient (Wildman–Crippen LogP) is 4.45. The first-order chi connectivity index (χ1) is 15.6. The van der Waals surface area contributed by atoms with Gasteiger partial charge in [-0.25, -0.2) is 26.3 Å². The van der Waals surface area contributed by atoms with Gasteiger partial charge in [0.2, 0.25) is 11.8 Å². The second-order valence-electron chi connectivity index (χ2n) is 8.46. The van der Waals surface area contributed by atoms with Crippen molar-refractivity contribution < 1.29 is 35.9 Å². The van der Waals surface area contributed by atoms with E-state index in [1.807, 2.05) is 0 Å². The molecule has 0 unspecified atom stereocenters. The van der Waals surface area contributed by atoms with Crippen LogP contribution in [0, 0.1) is 40.3 Å². The first-order valence-corrected chi connectivity index (χ1v) is 10.5. The van der Waals surface area contributed by atoms with E-state index in [4.69, 9.17) is 0 Å². The summed E-state index contributed by atoms with van der Waals surface area (Å²) in [5.41, 5.74) is -1.90. The van der Waals surface area contributed by atoms with Gasteiger partial charge in [0.1, 0.15) is 17.0 Å². The Balaban J connectivity index is 1.57. The number of likely N-dealkylation sites (tertiary alicyclic amines) is 2. The number of amides is 2. The molecule has 1 spiro atoms. The summed E-state index contributed by atoms with van der Waals surface area (Å²) < 4.78 is 81.8. The Morgan fingerprint density at radius 1 is 0.606 bits per heavy atom. The molecule has 0 N–H and O–H groups in total. The van der Waals surface area contributed by atoms with E-state index in [2.05, 4.69) is 0 Å². The second-order valence-corrected chi connectivity index (χ2v) is 8.46. The monoisotopic (exact) mass is 470 g/mol. The molecule has 2 saturated heterocycles. The molecule has 4 nitrogen and oxygen atoms in total. The Morgan fingerprint density at radius 2 is 0.970 bits per heavy atom. The molecule has 0 saturated carbocycles. The van der Waals surface area contributed by atoms with Gasteiger partial charge in [-0.2, -0.15) is 0 Å². The average molecular weight is 470 g/mol. The summed E-state index contributed by atoms with van der Waals surface area (Å²) in [6.07, 6.45) is 1.27. The van der Waals surface area contributed by atoms with Gasteiger partial charge in [-0.05, 0) is 37.8 Å².